The molecule has 2 heteroatoms. The molecule has 0 aromatic heterocycles. The predicted molar refractivity (Wildman–Crippen MR) is 99.5 cm³/mol. The number of nitrogens with two attached hydrogens (primary N) is 1. The molecule has 0 saturated heterocycles. The minimum Gasteiger partial charge on any atom is -0.330 e. The lowest BCUT2D eigenvalue weighted by Crippen LogP contribution is -2.64. The monoisotopic (exact) mass is 320 g/mol. The Hall–Kier alpha value is -0.0800. The third-order valence-electron chi connectivity index (χ3n) is 7.01. The third-order valence-corrected chi connectivity index (χ3v) is 7.01. The van der Waals surface area contributed by atoms with Gasteiger partial charge >= 0.3 is 0 Å². The largest absolute Gasteiger partial charge is 0.330 e. The lowest BCUT2D eigenvalue weighted by molar-refractivity contribution is -0.117. The van der Waals surface area contributed by atoms with Crippen molar-refractivity contribution < 1.29 is 0 Å². The van der Waals surface area contributed by atoms with Gasteiger partial charge in [-0.1, -0.05) is 46.0 Å². The second-order valence-corrected chi connectivity index (χ2v) is 10.1. The van der Waals surface area contributed by atoms with Gasteiger partial charge < -0.3 is 11.1 Å². The van der Waals surface area contributed by atoms with Gasteiger partial charge in [0.1, 0.15) is 0 Å². The lowest BCUT2D eigenvalue weighted by atomic mass is 9.43. The van der Waals surface area contributed by atoms with Crippen molar-refractivity contribution in [2.45, 2.75) is 103 Å². The molecular formula is C21H40N2. The van der Waals surface area contributed by atoms with Crippen LogP contribution in [0.15, 0.2) is 0 Å². The molecular weight excluding hydrogens is 280 g/mol. The van der Waals surface area contributed by atoms with E-state index in [1.165, 1.54) is 90.0 Å². The number of hydrogen-bond donors (Lipinski definition) is 2. The highest BCUT2D eigenvalue weighted by molar-refractivity contribution is 5.14. The Kier molecular flexibility index (Phi) is 5.43. The molecule has 2 nitrogen and oxygen atoms in total. The van der Waals surface area contributed by atoms with Crippen LogP contribution < -0.4 is 11.1 Å². The van der Waals surface area contributed by atoms with Crippen LogP contribution in [0.1, 0.15) is 97.3 Å². The molecule has 4 fully saturated rings. The smallest absolute Gasteiger partial charge is 0.0194 e. The van der Waals surface area contributed by atoms with Crippen LogP contribution in [0, 0.1) is 16.7 Å². The molecule has 0 amide bonds. The summed E-state index contributed by atoms with van der Waals surface area (Å²) in [6, 6.07) is 0. The summed E-state index contributed by atoms with van der Waals surface area (Å²) in [5, 5.41) is 4.07. The second-order valence-electron chi connectivity index (χ2n) is 10.1. The van der Waals surface area contributed by atoms with Gasteiger partial charge in [-0.2, -0.15) is 0 Å². The van der Waals surface area contributed by atoms with Crippen molar-refractivity contribution in [3.63, 3.8) is 0 Å². The van der Waals surface area contributed by atoms with E-state index < -0.39 is 0 Å². The fourth-order valence-electron chi connectivity index (χ4n) is 7.15. The molecule has 2 unspecified atom stereocenters. The maximum atomic E-state index is 5.54. The molecule has 0 aromatic carbocycles. The van der Waals surface area contributed by atoms with Crippen LogP contribution in [-0.2, 0) is 0 Å². The van der Waals surface area contributed by atoms with Crippen LogP contribution in [0.5, 0.6) is 0 Å². The first-order chi connectivity index (χ1) is 11.0. The zero-order valence-electron chi connectivity index (χ0n) is 15.8. The lowest BCUT2D eigenvalue weighted by Gasteiger charge is -2.65. The predicted octanol–water partition coefficient (Wildman–Crippen LogP) is 5.01. The summed E-state index contributed by atoms with van der Waals surface area (Å²) in [6.07, 6.45) is 18.4. The van der Waals surface area contributed by atoms with Gasteiger partial charge in [0, 0.05) is 5.54 Å². The number of hydrogen-bond acceptors (Lipinski definition) is 2. The molecule has 4 aliphatic rings. The van der Waals surface area contributed by atoms with Gasteiger partial charge in [-0.05, 0) is 81.2 Å². The molecule has 134 valence electrons. The molecule has 4 aliphatic carbocycles. The summed E-state index contributed by atoms with van der Waals surface area (Å²) in [7, 11) is 0. The quantitative estimate of drug-likeness (QED) is 0.555. The van der Waals surface area contributed by atoms with E-state index in [1.807, 2.05) is 0 Å². The average molecular weight is 321 g/mol. The van der Waals surface area contributed by atoms with E-state index >= 15 is 0 Å². The topological polar surface area (TPSA) is 38.0 Å². The van der Waals surface area contributed by atoms with Crippen LogP contribution in [0.25, 0.3) is 0 Å². The number of unbranched alkanes of at least 4 members (excludes halogenated alkanes) is 6. The van der Waals surface area contributed by atoms with Crippen LogP contribution in [0.3, 0.4) is 0 Å². The van der Waals surface area contributed by atoms with E-state index in [1.54, 1.807) is 0 Å². The fraction of sp³-hybridized carbons (Fsp3) is 1.00. The van der Waals surface area contributed by atoms with Gasteiger partial charge in [-0.25, -0.2) is 0 Å². The molecule has 0 radical (unpaired) electrons. The number of nitrogens with one attached hydrogen (secondary N) is 1. The average Bonchev–Trinajstić information content (AvgIpc) is 2.41. The minimum absolute atomic E-state index is 0.504. The van der Waals surface area contributed by atoms with Gasteiger partial charge in [0.05, 0.1) is 0 Å². The first-order valence-electron chi connectivity index (χ1n) is 10.4. The molecule has 23 heavy (non-hydrogen) atoms. The van der Waals surface area contributed by atoms with Crippen LogP contribution in [0.4, 0.5) is 0 Å². The number of rotatable bonds is 10. The SMILES string of the molecule is CC12CC3CC(C)(C1)CC(NCCCCCCCCCN)(C3)C2. The van der Waals surface area contributed by atoms with Crippen LogP contribution in [-0.4, -0.2) is 18.6 Å². The summed E-state index contributed by atoms with van der Waals surface area (Å²) in [5.74, 6) is 1.01. The third kappa shape index (κ3) is 4.31. The van der Waals surface area contributed by atoms with Crippen molar-refractivity contribution in [3.05, 3.63) is 0 Å². The van der Waals surface area contributed by atoms with Gasteiger partial charge in [-0.15, -0.1) is 0 Å². The molecule has 0 aromatic rings. The molecule has 0 heterocycles. The summed E-state index contributed by atoms with van der Waals surface area (Å²) in [6.45, 7) is 7.27. The highest BCUT2D eigenvalue weighted by Gasteiger charge is 2.59. The molecule has 0 aliphatic heterocycles. The normalized spacial score (nSPS) is 41.6. The van der Waals surface area contributed by atoms with Crippen LogP contribution in [0.2, 0.25) is 0 Å². The van der Waals surface area contributed by atoms with Crippen LogP contribution >= 0.6 is 0 Å². The highest BCUT2D eigenvalue weighted by atomic mass is 15.0. The molecule has 0 spiro atoms. The zero-order chi connectivity index (χ0) is 16.4. The van der Waals surface area contributed by atoms with Crippen molar-refractivity contribution in [2.24, 2.45) is 22.5 Å². The molecule has 4 bridgehead atoms. The van der Waals surface area contributed by atoms with E-state index in [0.717, 1.165) is 12.5 Å². The fourth-order valence-corrected chi connectivity index (χ4v) is 7.15. The van der Waals surface area contributed by atoms with Crippen molar-refractivity contribution in [2.75, 3.05) is 13.1 Å². The Morgan fingerprint density at radius 3 is 1.91 bits per heavy atom. The summed E-state index contributed by atoms with van der Waals surface area (Å²) < 4.78 is 0. The van der Waals surface area contributed by atoms with Crippen molar-refractivity contribution >= 4 is 0 Å². The Bertz CT molecular complexity index is 373. The van der Waals surface area contributed by atoms with E-state index in [4.69, 9.17) is 5.73 Å². The maximum absolute atomic E-state index is 5.54. The zero-order valence-corrected chi connectivity index (χ0v) is 15.8. The van der Waals surface area contributed by atoms with Crippen molar-refractivity contribution in [3.8, 4) is 0 Å². The van der Waals surface area contributed by atoms with E-state index in [0.29, 0.717) is 16.4 Å². The van der Waals surface area contributed by atoms with E-state index in [2.05, 4.69) is 19.2 Å². The molecule has 3 N–H and O–H groups in total. The first-order valence-corrected chi connectivity index (χ1v) is 10.4. The highest BCUT2D eigenvalue weighted by Crippen LogP contribution is 2.66. The van der Waals surface area contributed by atoms with Gasteiger partial charge in [0.25, 0.3) is 0 Å². The van der Waals surface area contributed by atoms with Crippen molar-refractivity contribution in [1.29, 1.82) is 0 Å². The van der Waals surface area contributed by atoms with Crippen molar-refractivity contribution in [1.82, 2.24) is 5.32 Å². The maximum Gasteiger partial charge on any atom is 0.0194 e. The summed E-state index contributed by atoms with van der Waals surface area (Å²) in [4.78, 5) is 0. The molecule has 4 rings (SSSR count). The minimum atomic E-state index is 0.504. The Labute approximate surface area is 144 Å². The van der Waals surface area contributed by atoms with E-state index in [-0.39, 0.29) is 0 Å². The standard InChI is InChI=1S/C21H40N2/c1-19-12-18-13-20(2,15-19)17-21(14-18,16-19)23-11-9-7-5-3-4-6-8-10-22/h18,23H,3-17,22H2,1-2H3. The molecule has 2 atom stereocenters. The van der Waals surface area contributed by atoms with E-state index in [9.17, 15) is 0 Å². The van der Waals surface area contributed by atoms with Gasteiger partial charge in [0.2, 0.25) is 0 Å². The Morgan fingerprint density at radius 2 is 1.35 bits per heavy atom. The first kappa shape index (κ1) is 17.7. The van der Waals surface area contributed by atoms with Gasteiger partial charge in [0.15, 0.2) is 0 Å². The Morgan fingerprint density at radius 1 is 0.783 bits per heavy atom. The summed E-state index contributed by atoms with van der Waals surface area (Å²) >= 11 is 0. The molecule has 4 saturated carbocycles. The second kappa shape index (κ2) is 7.04. The summed E-state index contributed by atoms with van der Waals surface area (Å²) in [5.41, 5.74) is 7.33. The van der Waals surface area contributed by atoms with Gasteiger partial charge in [-0.3, -0.25) is 0 Å². The Balaban J connectivity index is 1.36.